The van der Waals surface area contributed by atoms with Gasteiger partial charge in [-0.3, -0.25) is 15.1 Å². The van der Waals surface area contributed by atoms with Crippen molar-refractivity contribution in [2.24, 2.45) is 4.99 Å². The molecule has 0 bridgehead atoms. The molecule has 28 heavy (non-hydrogen) atoms. The Morgan fingerprint density at radius 1 is 1.11 bits per heavy atom. The summed E-state index contributed by atoms with van der Waals surface area (Å²) in [6, 6.07) is 6.77. The maximum absolute atomic E-state index is 13.1. The Bertz CT molecular complexity index is 907. The monoisotopic (exact) mass is 393 g/mol. The molecule has 0 amide bonds. The van der Waals surface area contributed by atoms with E-state index in [0.717, 1.165) is 68.9 Å². The maximum Gasteiger partial charge on any atom is 0.416 e. The average Bonchev–Trinajstić information content (AvgIpc) is 2.67. The van der Waals surface area contributed by atoms with E-state index in [0.29, 0.717) is 5.69 Å². The van der Waals surface area contributed by atoms with Gasteiger partial charge in [-0.05, 0) is 43.5 Å². The third-order valence-corrected chi connectivity index (χ3v) is 4.56. The molecule has 0 saturated carbocycles. The van der Waals surface area contributed by atoms with E-state index in [4.69, 9.17) is 0 Å². The molecule has 1 aliphatic rings. The van der Waals surface area contributed by atoms with Crippen LogP contribution in [0.15, 0.2) is 41.4 Å². The van der Waals surface area contributed by atoms with Gasteiger partial charge < -0.3 is 10.0 Å². The van der Waals surface area contributed by atoms with E-state index in [9.17, 15) is 28.4 Å². The number of piperidine rings is 1. The van der Waals surface area contributed by atoms with Crippen molar-refractivity contribution in [3.63, 3.8) is 0 Å². The molecule has 1 saturated heterocycles. The molecule has 2 aromatic rings. The van der Waals surface area contributed by atoms with E-state index >= 15 is 0 Å². The Hall–Kier alpha value is -3.10. The fourth-order valence-corrected chi connectivity index (χ4v) is 3.10. The molecule has 0 aromatic heterocycles. The highest BCUT2D eigenvalue weighted by molar-refractivity contribution is 5.88. The highest BCUT2D eigenvalue weighted by atomic mass is 19.4. The van der Waals surface area contributed by atoms with Crippen molar-refractivity contribution in [1.29, 1.82) is 0 Å². The van der Waals surface area contributed by atoms with Crippen LogP contribution >= 0.6 is 0 Å². The van der Waals surface area contributed by atoms with Crippen molar-refractivity contribution in [3.8, 4) is 5.75 Å². The SMILES string of the molecule is O=[N+]([O-])c1ccc(O)c(C=Nc2cc(C(F)(F)F)ccc2N2CCCCC2)c1. The van der Waals surface area contributed by atoms with Gasteiger partial charge in [0.15, 0.2) is 0 Å². The lowest BCUT2D eigenvalue weighted by Gasteiger charge is -2.30. The molecule has 3 rings (SSSR count). The summed E-state index contributed by atoms with van der Waals surface area (Å²) in [6.07, 6.45) is -0.424. The summed E-state index contributed by atoms with van der Waals surface area (Å²) in [5, 5.41) is 20.8. The Morgan fingerprint density at radius 3 is 2.46 bits per heavy atom. The molecule has 2 aromatic carbocycles. The average molecular weight is 393 g/mol. The van der Waals surface area contributed by atoms with Crippen LogP contribution in [0.25, 0.3) is 0 Å². The summed E-state index contributed by atoms with van der Waals surface area (Å²) in [5.41, 5.74) is -0.365. The van der Waals surface area contributed by atoms with Crippen LogP contribution in [-0.2, 0) is 6.18 Å². The molecule has 9 heteroatoms. The molecule has 0 atom stereocenters. The lowest BCUT2D eigenvalue weighted by atomic mass is 10.1. The minimum atomic E-state index is -4.52. The summed E-state index contributed by atoms with van der Waals surface area (Å²) < 4.78 is 39.4. The molecule has 0 unspecified atom stereocenters. The highest BCUT2D eigenvalue weighted by Gasteiger charge is 2.31. The Labute approximate surface area is 159 Å². The number of benzene rings is 2. The molecule has 6 nitrogen and oxygen atoms in total. The standard InChI is InChI=1S/C19H18F3N3O3/c20-19(21,22)14-4-6-17(24-8-2-1-3-9-24)16(11-14)23-12-13-10-15(25(27)28)5-7-18(13)26/h4-7,10-12,26H,1-3,8-9H2. The van der Waals surface area contributed by atoms with Crippen molar-refractivity contribution < 1.29 is 23.2 Å². The van der Waals surface area contributed by atoms with Crippen molar-refractivity contribution in [2.45, 2.75) is 25.4 Å². The third kappa shape index (κ3) is 4.41. The van der Waals surface area contributed by atoms with Crippen LogP contribution in [0.1, 0.15) is 30.4 Å². The number of rotatable bonds is 4. The minimum Gasteiger partial charge on any atom is -0.507 e. The molecule has 1 N–H and O–H groups in total. The number of halogens is 3. The number of nitro groups is 1. The van der Waals surface area contributed by atoms with Gasteiger partial charge in [0, 0.05) is 37.0 Å². The summed E-state index contributed by atoms with van der Waals surface area (Å²) in [5.74, 6) is -0.249. The lowest BCUT2D eigenvalue weighted by Crippen LogP contribution is -2.29. The van der Waals surface area contributed by atoms with Gasteiger partial charge in [-0.2, -0.15) is 13.2 Å². The summed E-state index contributed by atoms with van der Waals surface area (Å²) >= 11 is 0. The zero-order valence-corrected chi connectivity index (χ0v) is 14.8. The van der Waals surface area contributed by atoms with Crippen LogP contribution in [0.4, 0.5) is 30.2 Å². The molecule has 1 fully saturated rings. The number of nitro benzene ring substituents is 1. The van der Waals surface area contributed by atoms with Crippen molar-refractivity contribution in [2.75, 3.05) is 18.0 Å². The smallest absolute Gasteiger partial charge is 0.416 e. The van der Waals surface area contributed by atoms with Crippen LogP contribution in [0.5, 0.6) is 5.75 Å². The molecule has 1 aliphatic heterocycles. The number of nitrogens with zero attached hydrogens (tertiary/aromatic N) is 3. The van der Waals surface area contributed by atoms with E-state index in [1.807, 2.05) is 4.90 Å². The molecular weight excluding hydrogens is 375 g/mol. The zero-order valence-electron chi connectivity index (χ0n) is 14.8. The van der Waals surface area contributed by atoms with Gasteiger partial charge in [-0.1, -0.05) is 0 Å². The molecule has 0 radical (unpaired) electrons. The Kier molecular flexibility index (Phi) is 5.53. The first-order chi connectivity index (χ1) is 13.3. The third-order valence-electron chi connectivity index (χ3n) is 4.56. The number of alkyl halides is 3. The number of phenolic OH excluding ortho intramolecular Hbond substituents is 1. The predicted octanol–water partition coefficient (Wildman–Crippen LogP) is 5.06. The molecule has 148 valence electrons. The fraction of sp³-hybridized carbons (Fsp3) is 0.316. The van der Waals surface area contributed by atoms with Gasteiger partial charge in [0.25, 0.3) is 5.69 Å². The van der Waals surface area contributed by atoms with E-state index in [-0.39, 0.29) is 22.7 Å². The zero-order chi connectivity index (χ0) is 20.3. The first-order valence-corrected chi connectivity index (χ1v) is 8.73. The van der Waals surface area contributed by atoms with Gasteiger partial charge in [-0.15, -0.1) is 0 Å². The lowest BCUT2D eigenvalue weighted by molar-refractivity contribution is -0.384. The van der Waals surface area contributed by atoms with Crippen LogP contribution in [0.3, 0.4) is 0 Å². The molecular formula is C19H18F3N3O3. The largest absolute Gasteiger partial charge is 0.507 e. The number of non-ortho nitro benzene ring substituents is 1. The van der Waals surface area contributed by atoms with E-state index in [1.165, 1.54) is 6.07 Å². The van der Waals surface area contributed by atoms with E-state index < -0.39 is 16.7 Å². The minimum absolute atomic E-state index is 0.0520. The summed E-state index contributed by atoms with van der Waals surface area (Å²) in [7, 11) is 0. The number of hydrogen-bond acceptors (Lipinski definition) is 5. The highest BCUT2D eigenvalue weighted by Crippen LogP contribution is 2.38. The molecule has 0 spiro atoms. The number of anilines is 1. The Morgan fingerprint density at radius 2 is 1.82 bits per heavy atom. The maximum atomic E-state index is 13.1. The van der Waals surface area contributed by atoms with Gasteiger partial charge in [0.1, 0.15) is 5.75 Å². The first kappa shape index (κ1) is 19.7. The number of hydrogen-bond donors (Lipinski definition) is 1. The summed E-state index contributed by atoms with van der Waals surface area (Å²) in [4.78, 5) is 16.4. The van der Waals surface area contributed by atoms with Crippen molar-refractivity contribution in [3.05, 3.63) is 57.6 Å². The van der Waals surface area contributed by atoms with Crippen molar-refractivity contribution in [1.82, 2.24) is 0 Å². The number of phenols is 1. The Balaban J connectivity index is 2.02. The summed E-state index contributed by atoms with van der Waals surface area (Å²) in [6.45, 7) is 1.44. The van der Waals surface area contributed by atoms with Gasteiger partial charge >= 0.3 is 6.18 Å². The normalized spacial score (nSPS) is 15.2. The van der Waals surface area contributed by atoms with Gasteiger partial charge in [-0.25, -0.2) is 0 Å². The second-order valence-corrected chi connectivity index (χ2v) is 6.51. The molecule has 1 heterocycles. The number of aliphatic imine (C=N–C) groups is 1. The quantitative estimate of drug-likeness (QED) is 0.447. The predicted molar refractivity (Wildman–Crippen MR) is 99.5 cm³/mol. The second-order valence-electron chi connectivity index (χ2n) is 6.51. The van der Waals surface area contributed by atoms with Crippen LogP contribution in [-0.4, -0.2) is 29.3 Å². The van der Waals surface area contributed by atoms with E-state index in [2.05, 4.69) is 4.99 Å². The molecule has 0 aliphatic carbocycles. The second kappa shape index (κ2) is 7.87. The number of aromatic hydroxyl groups is 1. The van der Waals surface area contributed by atoms with Crippen LogP contribution in [0.2, 0.25) is 0 Å². The van der Waals surface area contributed by atoms with Crippen LogP contribution in [0, 0.1) is 10.1 Å². The fourth-order valence-electron chi connectivity index (χ4n) is 3.10. The topological polar surface area (TPSA) is 79.0 Å². The van der Waals surface area contributed by atoms with Gasteiger partial charge in [0.2, 0.25) is 0 Å². The van der Waals surface area contributed by atoms with Gasteiger partial charge in [0.05, 0.1) is 21.9 Å². The van der Waals surface area contributed by atoms with E-state index in [1.54, 1.807) is 0 Å². The van der Waals surface area contributed by atoms with Crippen LogP contribution < -0.4 is 4.90 Å². The first-order valence-electron chi connectivity index (χ1n) is 8.73. The van der Waals surface area contributed by atoms with Crippen molar-refractivity contribution >= 4 is 23.3 Å².